The van der Waals surface area contributed by atoms with E-state index in [1.807, 2.05) is 75.5 Å². The summed E-state index contributed by atoms with van der Waals surface area (Å²) in [5.74, 6) is 1.73. The minimum Gasteiger partial charge on any atom is -0.457 e. The number of likely N-dealkylation sites (tertiary alicyclic amines) is 1. The van der Waals surface area contributed by atoms with Crippen molar-refractivity contribution >= 4 is 5.91 Å². The number of nitrogens with one attached hydrogen (secondary N) is 1. The Hall–Kier alpha value is -2.33. The van der Waals surface area contributed by atoms with Crippen LogP contribution in [0.25, 0.3) is 0 Å². The summed E-state index contributed by atoms with van der Waals surface area (Å²) < 4.78 is 5.76. The van der Waals surface area contributed by atoms with Crippen molar-refractivity contribution in [2.75, 3.05) is 13.6 Å². The first-order valence-corrected chi connectivity index (χ1v) is 9.02. The van der Waals surface area contributed by atoms with Crippen LogP contribution in [0.15, 0.2) is 54.6 Å². The van der Waals surface area contributed by atoms with Crippen molar-refractivity contribution in [3.63, 3.8) is 0 Å². The number of likely N-dealkylation sites (N-methyl/N-ethyl adjacent to an activating group) is 1. The molecule has 0 saturated carbocycles. The highest BCUT2D eigenvalue weighted by Crippen LogP contribution is 2.21. The maximum Gasteiger partial charge on any atom is 0.237 e. The zero-order valence-electron chi connectivity index (χ0n) is 15.4. The molecule has 1 fully saturated rings. The number of nitrogens with zero attached hydrogens (tertiary/aromatic N) is 1. The van der Waals surface area contributed by atoms with E-state index in [1.165, 1.54) is 0 Å². The molecule has 2 aromatic carbocycles. The molecular weight excluding hydrogens is 312 g/mol. The van der Waals surface area contributed by atoms with Crippen LogP contribution in [0, 0.1) is 0 Å². The molecule has 25 heavy (non-hydrogen) atoms. The van der Waals surface area contributed by atoms with Crippen molar-refractivity contribution in [2.24, 2.45) is 0 Å². The Morgan fingerprint density at radius 3 is 2.32 bits per heavy atom. The third kappa shape index (κ3) is 5.61. The second-order valence-corrected chi connectivity index (χ2v) is 5.92. The van der Waals surface area contributed by atoms with Crippen molar-refractivity contribution in [3.8, 4) is 11.5 Å². The average molecular weight is 340 g/mol. The van der Waals surface area contributed by atoms with Crippen molar-refractivity contribution in [2.45, 2.75) is 39.3 Å². The van der Waals surface area contributed by atoms with Gasteiger partial charge in [0.2, 0.25) is 5.91 Å². The maximum atomic E-state index is 12.2. The molecule has 134 valence electrons. The monoisotopic (exact) mass is 340 g/mol. The van der Waals surface area contributed by atoms with Crippen molar-refractivity contribution in [3.05, 3.63) is 60.2 Å². The van der Waals surface area contributed by atoms with E-state index in [2.05, 4.69) is 10.2 Å². The van der Waals surface area contributed by atoms with Crippen LogP contribution in [-0.2, 0) is 11.3 Å². The van der Waals surface area contributed by atoms with Gasteiger partial charge < -0.3 is 10.1 Å². The van der Waals surface area contributed by atoms with Gasteiger partial charge in [-0.15, -0.1) is 0 Å². The number of para-hydroxylation sites is 1. The Bertz CT molecular complexity index is 641. The Balaban J connectivity index is 0.00000109. The molecule has 1 aliphatic heterocycles. The van der Waals surface area contributed by atoms with E-state index >= 15 is 0 Å². The highest BCUT2D eigenvalue weighted by Gasteiger charge is 2.27. The summed E-state index contributed by atoms with van der Waals surface area (Å²) in [7, 11) is 2.01. The first-order valence-electron chi connectivity index (χ1n) is 9.02. The molecule has 0 bridgehead atoms. The molecule has 0 spiro atoms. The quantitative estimate of drug-likeness (QED) is 0.886. The molecule has 4 nitrogen and oxygen atoms in total. The molecule has 0 aliphatic carbocycles. The van der Waals surface area contributed by atoms with Gasteiger partial charge in [0.25, 0.3) is 0 Å². The van der Waals surface area contributed by atoms with E-state index in [0.29, 0.717) is 6.54 Å². The van der Waals surface area contributed by atoms with E-state index in [1.54, 1.807) is 0 Å². The molecule has 1 aliphatic rings. The largest absolute Gasteiger partial charge is 0.457 e. The third-order valence-electron chi connectivity index (χ3n) is 4.19. The predicted molar refractivity (Wildman–Crippen MR) is 102 cm³/mol. The van der Waals surface area contributed by atoms with Gasteiger partial charge in [-0.05, 0) is 56.3 Å². The summed E-state index contributed by atoms with van der Waals surface area (Å²) in [6.45, 7) is 5.55. The molecule has 3 rings (SSSR count). The number of amides is 1. The molecule has 1 saturated heterocycles. The van der Waals surface area contributed by atoms with Crippen molar-refractivity contribution in [1.82, 2.24) is 10.2 Å². The fourth-order valence-electron chi connectivity index (χ4n) is 2.85. The average Bonchev–Trinajstić information content (AvgIpc) is 3.09. The Kier molecular flexibility index (Phi) is 7.48. The Labute approximate surface area is 150 Å². The molecule has 2 aromatic rings. The van der Waals surface area contributed by atoms with Gasteiger partial charge in [0, 0.05) is 6.54 Å². The van der Waals surface area contributed by atoms with Gasteiger partial charge >= 0.3 is 0 Å². The van der Waals surface area contributed by atoms with Gasteiger partial charge in [-0.3, -0.25) is 9.69 Å². The standard InChI is InChI=1S/C19H22N2O2.C2H6/c1-21-13-5-8-18(21)19(22)20-14-15-9-11-17(12-10-15)23-16-6-3-2-4-7-16;1-2/h2-4,6-7,9-12,18H,5,8,13-14H2,1H3,(H,20,22);1-2H3. The maximum absolute atomic E-state index is 12.2. The molecule has 1 atom stereocenters. The molecule has 1 heterocycles. The van der Waals surface area contributed by atoms with Gasteiger partial charge in [-0.25, -0.2) is 0 Å². The van der Waals surface area contributed by atoms with E-state index < -0.39 is 0 Å². The smallest absolute Gasteiger partial charge is 0.237 e. The SMILES string of the molecule is CC.CN1CCCC1C(=O)NCc1ccc(Oc2ccccc2)cc1. The highest BCUT2D eigenvalue weighted by atomic mass is 16.5. The molecule has 4 heteroatoms. The highest BCUT2D eigenvalue weighted by molar-refractivity contribution is 5.81. The zero-order chi connectivity index (χ0) is 18.1. The molecule has 0 aromatic heterocycles. The summed E-state index contributed by atoms with van der Waals surface area (Å²) in [4.78, 5) is 14.3. The number of carbonyl (C=O) groups excluding carboxylic acids is 1. The van der Waals surface area contributed by atoms with Crippen molar-refractivity contribution in [1.29, 1.82) is 0 Å². The Morgan fingerprint density at radius 2 is 1.72 bits per heavy atom. The van der Waals surface area contributed by atoms with Gasteiger partial charge in [0.1, 0.15) is 11.5 Å². The molecule has 1 amide bonds. The lowest BCUT2D eigenvalue weighted by Gasteiger charge is -2.18. The number of hydrogen-bond acceptors (Lipinski definition) is 3. The second kappa shape index (κ2) is 9.84. The zero-order valence-corrected chi connectivity index (χ0v) is 15.4. The van der Waals surface area contributed by atoms with E-state index in [-0.39, 0.29) is 11.9 Å². The van der Waals surface area contributed by atoms with E-state index in [0.717, 1.165) is 36.4 Å². The fraction of sp³-hybridized carbons (Fsp3) is 0.381. The van der Waals surface area contributed by atoms with Crippen LogP contribution in [0.4, 0.5) is 0 Å². The minimum absolute atomic E-state index is 0.0238. The third-order valence-corrected chi connectivity index (χ3v) is 4.19. The first-order chi connectivity index (χ1) is 12.2. The summed E-state index contributed by atoms with van der Waals surface area (Å²) in [5, 5.41) is 3.02. The van der Waals surface area contributed by atoms with Crippen molar-refractivity contribution < 1.29 is 9.53 Å². The normalized spacial score (nSPS) is 16.7. The van der Waals surface area contributed by atoms with Gasteiger partial charge in [-0.1, -0.05) is 44.2 Å². The lowest BCUT2D eigenvalue weighted by atomic mass is 10.2. The number of benzene rings is 2. The van der Waals surface area contributed by atoms with Gasteiger partial charge in [-0.2, -0.15) is 0 Å². The van der Waals surface area contributed by atoms with Crippen LogP contribution in [0.3, 0.4) is 0 Å². The van der Waals surface area contributed by atoms with Crippen LogP contribution in [0.5, 0.6) is 11.5 Å². The molecule has 1 unspecified atom stereocenters. The number of carbonyl (C=O) groups is 1. The topological polar surface area (TPSA) is 41.6 Å². The minimum atomic E-state index is 0.0238. The lowest BCUT2D eigenvalue weighted by molar-refractivity contribution is -0.125. The lowest BCUT2D eigenvalue weighted by Crippen LogP contribution is -2.41. The number of hydrogen-bond donors (Lipinski definition) is 1. The summed E-state index contributed by atoms with van der Waals surface area (Å²) in [5.41, 5.74) is 1.07. The fourth-order valence-corrected chi connectivity index (χ4v) is 2.85. The van der Waals surface area contributed by atoms with Crippen LogP contribution in [0.1, 0.15) is 32.3 Å². The van der Waals surface area contributed by atoms with Crippen LogP contribution < -0.4 is 10.1 Å². The summed E-state index contributed by atoms with van der Waals surface area (Å²) in [6, 6.07) is 17.5. The molecule has 0 radical (unpaired) electrons. The Morgan fingerprint density at radius 1 is 1.08 bits per heavy atom. The molecular formula is C21H28N2O2. The second-order valence-electron chi connectivity index (χ2n) is 5.92. The van der Waals surface area contributed by atoms with Gasteiger partial charge in [0.05, 0.1) is 6.04 Å². The number of ether oxygens (including phenoxy) is 1. The number of rotatable bonds is 5. The first kappa shape index (κ1) is 19.0. The van der Waals surface area contributed by atoms with Crippen LogP contribution >= 0.6 is 0 Å². The van der Waals surface area contributed by atoms with E-state index in [4.69, 9.17) is 4.74 Å². The van der Waals surface area contributed by atoms with E-state index in [9.17, 15) is 4.79 Å². The van der Waals surface area contributed by atoms with Gasteiger partial charge in [0.15, 0.2) is 0 Å². The van der Waals surface area contributed by atoms with Crippen LogP contribution in [0.2, 0.25) is 0 Å². The molecule has 1 N–H and O–H groups in total. The predicted octanol–water partition coefficient (Wildman–Crippen LogP) is 4.22. The summed E-state index contributed by atoms with van der Waals surface area (Å²) in [6.07, 6.45) is 2.05. The van der Waals surface area contributed by atoms with Crippen LogP contribution in [-0.4, -0.2) is 30.4 Å². The summed E-state index contributed by atoms with van der Waals surface area (Å²) >= 11 is 0.